The molecule has 0 fully saturated rings. The highest BCUT2D eigenvalue weighted by Crippen LogP contribution is 2.44. The van der Waals surface area contributed by atoms with Gasteiger partial charge in [0.05, 0.1) is 25.3 Å². The summed E-state index contributed by atoms with van der Waals surface area (Å²) in [4.78, 5) is 10.6. The molecule has 0 radical (unpaired) electrons. The van der Waals surface area contributed by atoms with E-state index in [2.05, 4.69) is 60.7 Å². The van der Waals surface area contributed by atoms with Gasteiger partial charge in [0.15, 0.2) is 0 Å². The zero-order valence-corrected chi connectivity index (χ0v) is 18.4. The van der Waals surface area contributed by atoms with Crippen LogP contribution in [0.2, 0.25) is 0 Å². The minimum Gasteiger partial charge on any atom is -0.334 e. The fourth-order valence-corrected chi connectivity index (χ4v) is 4.64. The molecule has 0 saturated heterocycles. The molecule has 0 amide bonds. The first-order valence-corrected chi connectivity index (χ1v) is 10.6. The van der Waals surface area contributed by atoms with Gasteiger partial charge in [-0.1, -0.05) is 72.8 Å². The van der Waals surface area contributed by atoms with Crippen LogP contribution >= 0.6 is 31.9 Å². The number of benzene rings is 3. The SMILES string of the molecule is O=[N+]([O-])c1ccc(Cn2c(-c3ccccc3)c(Br)c(Br)c2-c2ccccc2)cc1. The van der Waals surface area contributed by atoms with Gasteiger partial charge in [0.1, 0.15) is 0 Å². The summed E-state index contributed by atoms with van der Waals surface area (Å²) in [5, 5.41) is 11.0. The number of hydrogen-bond donors (Lipinski definition) is 0. The summed E-state index contributed by atoms with van der Waals surface area (Å²) in [5.74, 6) is 0. The lowest BCUT2D eigenvalue weighted by atomic mass is 10.1. The second-order valence-corrected chi connectivity index (χ2v) is 8.15. The number of halogens is 2. The van der Waals surface area contributed by atoms with E-state index in [1.807, 2.05) is 48.5 Å². The molecule has 0 saturated carbocycles. The number of aromatic nitrogens is 1. The summed E-state index contributed by atoms with van der Waals surface area (Å²) < 4.78 is 4.19. The van der Waals surface area contributed by atoms with Crippen molar-refractivity contribution in [3.8, 4) is 22.5 Å². The molecule has 3 aromatic carbocycles. The third kappa shape index (κ3) is 3.91. The molecule has 0 spiro atoms. The molecule has 29 heavy (non-hydrogen) atoms. The summed E-state index contributed by atoms with van der Waals surface area (Å²) in [6.45, 7) is 0.580. The van der Waals surface area contributed by atoms with Crippen LogP contribution in [0.25, 0.3) is 22.5 Å². The quantitative estimate of drug-likeness (QED) is 0.208. The molecule has 0 atom stereocenters. The van der Waals surface area contributed by atoms with Crippen molar-refractivity contribution in [2.75, 3.05) is 0 Å². The molecule has 6 heteroatoms. The van der Waals surface area contributed by atoms with E-state index >= 15 is 0 Å². The summed E-state index contributed by atoms with van der Waals surface area (Å²) in [6.07, 6.45) is 0. The van der Waals surface area contributed by atoms with Crippen molar-refractivity contribution < 1.29 is 4.92 Å². The maximum Gasteiger partial charge on any atom is 0.269 e. The maximum absolute atomic E-state index is 11.0. The first kappa shape index (κ1) is 19.6. The molecular formula is C23H16Br2N2O2. The Morgan fingerprint density at radius 2 is 1.17 bits per heavy atom. The van der Waals surface area contributed by atoms with Crippen molar-refractivity contribution >= 4 is 37.5 Å². The molecule has 1 heterocycles. The molecule has 0 bridgehead atoms. The molecule has 4 nitrogen and oxygen atoms in total. The first-order chi connectivity index (χ1) is 14.1. The maximum atomic E-state index is 11.0. The molecule has 0 aliphatic carbocycles. The Kier molecular flexibility index (Phi) is 5.65. The summed E-state index contributed by atoms with van der Waals surface area (Å²) in [6, 6.07) is 27.1. The van der Waals surface area contributed by atoms with Gasteiger partial charge in [0, 0.05) is 18.7 Å². The number of nitrogens with zero attached hydrogens (tertiary/aromatic N) is 2. The summed E-state index contributed by atoms with van der Waals surface area (Å²) in [7, 11) is 0. The van der Waals surface area contributed by atoms with Crippen LogP contribution in [0.15, 0.2) is 93.9 Å². The smallest absolute Gasteiger partial charge is 0.269 e. The normalized spacial score (nSPS) is 10.8. The zero-order chi connectivity index (χ0) is 20.4. The minimum atomic E-state index is -0.378. The largest absolute Gasteiger partial charge is 0.334 e. The Hall–Kier alpha value is -2.70. The molecule has 0 aliphatic heterocycles. The average Bonchev–Trinajstić information content (AvgIpc) is 2.99. The first-order valence-electron chi connectivity index (χ1n) is 8.98. The van der Waals surface area contributed by atoms with E-state index in [-0.39, 0.29) is 10.6 Å². The summed E-state index contributed by atoms with van der Waals surface area (Å²) >= 11 is 7.55. The van der Waals surface area contributed by atoms with Crippen LogP contribution in [0, 0.1) is 10.1 Å². The van der Waals surface area contributed by atoms with Crippen LogP contribution in [-0.4, -0.2) is 9.49 Å². The van der Waals surface area contributed by atoms with Gasteiger partial charge in [0.2, 0.25) is 0 Å². The van der Waals surface area contributed by atoms with E-state index in [4.69, 9.17) is 0 Å². The van der Waals surface area contributed by atoms with E-state index in [9.17, 15) is 10.1 Å². The number of hydrogen-bond acceptors (Lipinski definition) is 2. The lowest BCUT2D eigenvalue weighted by Gasteiger charge is -2.15. The van der Waals surface area contributed by atoms with E-state index in [1.54, 1.807) is 12.1 Å². The lowest BCUT2D eigenvalue weighted by molar-refractivity contribution is -0.384. The Bertz CT molecular complexity index is 1090. The minimum absolute atomic E-state index is 0.0928. The number of non-ortho nitro benzene ring substituents is 1. The van der Waals surface area contributed by atoms with Crippen molar-refractivity contribution in [3.63, 3.8) is 0 Å². The highest BCUT2D eigenvalue weighted by Gasteiger charge is 2.22. The summed E-state index contributed by atoms with van der Waals surface area (Å²) in [5.41, 5.74) is 5.35. The van der Waals surface area contributed by atoms with E-state index in [0.717, 1.165) is 37.0 Å². The number of nitro benzene ring substituents is 1. The highest BCUT2D eigenvalue weighted by atomic mass is 79.9. The molecular weight excluding hydrogens is 496 g/mol. The molecule has 144 valence electrons. The van der Waals surface area contributed by atoms with Crippen LogP contribution in [-0.2, 0) is 6.54 Å². The van der Waals surface area contributed by atoms with E-state index < -0.39 is 0 Å². The number of nitro groups is 1. The van der Waals surface area contributed by atoms with Gasteiger partial charge in [-0.3, -0.25) is 10.1 Å². The van der Waals surface area contributed by atoms with E-state index in [1.165, 1.54) is 0 Å². The molecule has 4 aromatic rings. The highest BCUT2D eigenvalue weighted by molar-refractivity contribution is 9.13. The van der Waals surface area contributed by atoms with Gasteiger partial charge in [0.25, 0.3) is 5.69 Å². The van der Waals surface area contributed by atoms with Crippen molar-refractivity contribution in [3.05, 3.63) is 110 Å². The Morgan fingerprint density at radius 3 is 1.59 bits per heavy atom. The third-order valence-corrected chi connectivity index (χ3v) is 6.81. The molecule has 4 rings (SSSR count). The van der Waals surface area contributed by atoms with Crippen molar-refractivity contribution in [1.29, 1.82) is 0 Å². The van der Waals surface area contributed by atoms with Gasteiger partial charge in [-0.15, -0.1) is 0 Å². The van der Waals surface area contributed by atoms with Crippen molar-refractivity contribution in [2.45, 2.75) is 6.54 Å². The van der Waals surface area contributed by atoms with Gasteiger partial charge in [-0.05, 0) is 48.6 Å². The fourth-order valence-electron chi connectivity index (χ4n) is 3.38. The molecule has 0 unspecified atom stereocenters. The second kappa shape index (κ2) is 8.35. The second-order valence-electron chi connectivity index (χ2n) is 6.57. The predicted molar refractivity (Wildman–Crippen MR) is 123 cm³/mol. The number of rotatable bonds is 5. The lowest BCUT2D eigenvalue weighted by Crippen LogP contribution is -2.04. The Labute approximate surface area is 185 Å². The van der Waals surface area contributed by atoms with Crippen LogP contribution in [0.1, 0.15) is 5.56 Å². The molecule has 0 aliphatic rings. The van der Waals surface area contributed by atoms with Gasteiger partial charge < -0.3 is 4.57 Å². The van der Waals surface area contributed by atoms with Gasteiger partial charge in [-0.25, -0.2) is 0 Å². The van der Waals surface area contributed by atoms with Gasteiger partial charge >= 0.3 is 0 Å². The Balaban J connectivity index is 1.90. The van der Waals surface area contributed by atoms with Crippen LogP contribution in [0.3, 0.4) is 0 Å². The van der Waals surface area contributed by atoms with Crippen LogP contribution < -0.4 is 0 Å². The van der Waals surface area contributed by atoms with Crippen LogP contribution in [0.4, 0.5) is 5.69 Å². The monoisotopic (exact) mass is 510 g/mol. The van der Waals surface area contributed by atoms with E-state index in [0.29, 0.717) is 6.54 Å². The zero-order valence-electron chi connectivity index (χ0n) is 15.3. The van der Waals surface area contributed by atoms with Crippen molar-refractivity contribution in [1.82, 2.24) is 4.57 Å². The average molecular weight is 512 g/mol. The fraction of sp³-hybridized carbons (Fsp3) is 0.0435. The topological polar surface area (TPSA) is 48.1 Å². The standard InChI is InChI=1S/C23H16Br2N2O2/c24-20-21(25)23(18-9-5-2-6-10-18)26(22(20)17-7-3-1-4-8-17)15-16-11-13-19(14-12-16)27(28)29/h1-14H,15H2. The van der Waals surface area contributed by atoms with Crippen LogP contribution in [0.5, 0.6) is 0 Å². The van der Waals surface area contributed by atoms with Gasteiger partial charge in [-0.2, -0.15) is 0 Å². The molecule has 0 N–H and O–H groups in total. The molecule has 1 aromatic heterocycles. The Morgan fingerprint density at radius 1 is 0.724 bits per heavy atom. The van der Waals surface area contributed by atoms with Crippen molar-refractivity contribution in [2.24, 2.45) is 0 Å². The third-order valence-electron chi connectivity index (χ3n) is 4.73. The predicted octanol–water partition coefficient (Wildman–Crippen LogP) is 7.30.